The summed E-state index contributed by atoms with van der Waals surface area (Å²) in [5.41, 5.74) is 6.90. The highest BCUT2D eigenvalue weighted by Gasteiger charge is 2.33. The molecule has 0 aliphatic carbocycles. The van der Waals surface area contributed by atoms with Gasteiger partial charge in [0.05, 0.1) is 13.2 Å². The Morgan fingerprint density at radius 2 is 0.591 bits per heavy atom. The summed E-state index contributed by atoms with van der Waals surface area (Å²) in [5.74, 6) is 5.50. The molecule has 0 radical (unpaired) electrons. The predicted molar refractivity (Wildman–Crippen MR) is 354 cm³/mol. The van der Waals surface area contributed by atoms with Crippen LogP contribution in [0.5, 0.6) is 46.0 Å². The van der Waals surface area contributed by atoms with Crippen molar-refractivity contribution in [1.29, 1.82) is 0 Å². The van der Waals surface area contributed by atoms with Gasteiger partial charge in [-0.05, 0) is 142 Å². The fraction of sp³-hybridized carbons (Fsp3) is 0.114. The van der Waals surface area contributed by atoms with Crippen molar-refractivity contribution in [1.82, 2.24) is 0 Å². The Morgan fingerprint density at radius 1 is 0.273 bits per heavy atom. The van der Waals surface area contributed by atoms with E-state index in [9.17, 15) is 10.2 Å². The topological polar surface area (TPSA) is 105 Å². The van der Waals surface area contributed by atoms with Crippen molar-refractivity contribution in [2.45, 2.75) is 5.92 Å². The molecule has 0 fully saturated rings. The highest BCUT2D eigenvalue weighted by molar-refractivity contribution is 6.11. The molecular formula is C79H60O9. The van der Waals surface area contributed by atoms with Crippen molar-refractivity contribution in [2.75, 3.05) is 52.9 Å². The molecule has 88 heavy (non-hydrogen) atoms. The zero-order chi connectivity index (χ0) is 58.9. The van der Waals surface area contributed by atoms with Crippen molar-refractivity contribution in [3.05, 3.63) is 265 Å². The molecule has 0 aromatic heterocycles. The standard InChI is InChI=1S/C79H60O9/c80-39-41-84-67-33-25-51-12-3-7-17-61(51)74(67)76-63-19-9-5-14-53(63)27-35-69(76)86-45-43-82-59-31-23-55-29-37-71-78(65(55)48-59)73(58-22-21-50-11-1-2-16-57(50)47-58)79-66-49-60(32-24-56(66)30-38-72(79)88-71)83-44-46-87-70-36-28-54-15-6-10-20-64(54)77(70)75-62-18-8-4-13-52(62)26-34-68(75)85-42-40-81/h1-38,47-49,73,80-81H,39-46H2. The average Bonchev–Trinajstić information content (AvgIpc) is 2.00. The minimum absolute atomic E-state index is 0.105. The second-order valence-corrected chi connectivity index (χ2v) is 22.0. The Bertz CT molecular complexity index is 4700. The molecule has 0 unspecified atom stereocenters. The monoisotopic (exact) mass is 1150 g/mol. The summed E-state index contributed by atoms with van der Waals surface area (Å²) in [7, 11) is 0. The molecule has 9 nitrogen and oxygen atoms in total. The van der Waals surface area contributed by atoms with Gasteiger partial charge in [0, 0.05) is 39.3 Å². The molecule has 0 amide bonds. The molecule has 1 heterocycles. The first-order chi connectivity index (χ1) is 43.6. The molecule has 430 valence electrons. The highest BCUT2D eigenvalue weighted by Crippen LogP contribution is 2.54. The van der Waals surface area contributed by atoms with Crippen LogP contribution in [0.15, 0.2) is 249 Å². The van der Waals surface area contributed by atoms with E-state index < -0.39 is 0 Å². The first-order valence-electron chi connectivity index (χ1n) is 29.9. The smallest absolute Gasteiger partial charge is 0.132 e. The van der Waals surface area contributed by atoms with Crippen LogP contribution < -0.4 is 33.2 Å². The van der Waals surface area contributed by atoms with Crippen LogP contribution >= 0.6 is 0 Å². The van der Waals surface area contributed by atoms with E-state index in [2.05, 4.69) is 164 Å². The van der Waals surface area contributed by atoms with Crippen LogP contribution in [-0.4, -0.2) is 63.1 Å². The van der Waals surface area contributed by atoms with Crippen LogP contribution in [0.2, 0.25) is 0 Å². The molecule has 0 atom stereocenters. The SMILES string of the molecule is OCCOc1ccc2ccccc2c1-c1c(OCCOc2ccc3ccc4c(c3c2)C(c2ccc3ccccc3c2)c2c(ccc3ccc(OCCOc5ccc6ccccc6c5-c5c(OCCO)ccc6ccccc56)cc23)O4)ccc2ccccc12. The van der Waals surface area contributed by atoms with Crippen LogP contribution in [0, 0.1) is 0 Å². The first kappa shape index (κ1) is 54.1. The fourth-order valence-electron chi connectivity index (χ4n) is 13.0. The largest absolute Gasteiger partial charge is 0.491 e. The van der Waals surface area contributed by atoms with E-state index in [0.29, 0.717) is 34.5 Å². The Morgan fingerprint density at radius 3 is 1.00 bits per heavy atom. The minimum Gasteiger partial charge on any atom is -0.491 e. The van der Waals surface area contributed by atoms with Crippen molar-refractivity contribution < 1.29 is 43.4 Å². The molecule has 0 bridgehead atoms. The molecular weight excluding hydrogens is 1090 g/mol. The molecule has 15 rings (SSSR count). The van der Waals surface area contributed by atoms with Gasteiger partial charge in [0.1, 0.15) is 85.6 Å². The Hall–Kier alpha value is -10.6. The molecule has 0 saturated carbocycles. The number of rotatable bonds is 19. The van der Waals surface area contributed by atoms with Gasteiger partial charge in [0.15, 0.2) is 0 Å². The van der Waals surface area contributed by atoms with E-state index in [1.165, 1.54) is 0 Å². The summed E-state index contributed by atoms with van der Waals surface area (Å²) < 4.78 is 46.3. The number of hydrogen-bond donors (Lipinski definition) is 2. The maximum absolute atomic E-state index is 9.83. The summed E-state index contributed by atoms with van der Waals surface area (Å²) in [6, 6.07) is 85.8. The molecule has 1 aliphatic rings. The Balaban J connectivity index is 0.744. The van der Waals surface area contributed by atoms with E-state index in [1.54, 1.807) is 0 Å². The van der Waals surface area contributed by atoms with Gasteiger partial charge in [-0.2, -0.15) is 0 Å². The highest BCUT2D eigenvalue weighted by atomic mass is 16.5. The van der Waals surface area contributed by atoms with Gasteiger partial charge in [-0.15, -0.1) is 0 Å². The first-order valence-corrected chi connectivity index (χ1v) is 29.9. The minimum atomic E-state index is -0.244. The van der Waals surface area contributed by atoms with E-state index in [1.807, 2.05) is 84.9 Å². The summed E-state index contributed by atoms with van der Waals surface area (Å²) in [5, 5.41) is 34.5. The third-order valence-electron chi connectivity index (χ3n) is 16.9. The van der Waals surface area contributed by atoms with Crippen molar-refractivity contribution in [3.8, 4) is 68.2 Å². The summed E-state index contributed by atoms with van der Waals surface area (Å²) >= 11 is 0. The number of aliphatic hydroxyl groups excluding tert-OH is 2. The molecule has 2 N–H and O–H groups in total. The second kappa shape index (κ2) is 23.7. The van der Waals surface area contributed by atoms with Crippen LogP contribution in [-0.2, 0) is 0 Å². The van der Waals surface area contributed by atoms with Gasteiger partial charge in [-0.1, -0.05) is 188 Å². The van der Waals surface area contributed by atoms with Gasteiger partial charge in [-0.25, -0.2) is 0 Å². The Kier molecular flexibility index (Phi) is 14.6. The van der Waals surface area contributed by atoms with Crippen LogP contribution in [0.25, 0.3) is 97.7 Å². The predicted octanol–water partition coefficient (Wildman–Crippen LogP) is 18.0. The third-order valence-corrected chi connectivity index (χ3v) is 16.9. The van der Waals surface area contributed by atoms with Gasteiger partial charge >= 0.3 is 0 Å². The van der Waals surface area contributed by atoms with Crippen LogP contribution in [0.4, 0.5) is 0 Å². The molecule has 9 heteroatoms. The van der Waals surface area contributed by atoms with Crippen LogP contribution in [0.3, 0.4) is 0 Å². The molecule has 14 aromatic rings. The lowest BCUT2D eigenvalue weighted by Crippen LogP contribution is -2.14. The van der Waals surface area contributed by atoms with E-state index >= 15 is 0 Å². The van der Waals surface area contributed by atoms with E-state index in [0.717, 1.165) is 126 Å². The molecule has 0 spiro atoms. The number of fused-ring (bicyclic) bond motifs is 11. The second-order valence-electron chi connectivity index (χ2n) is 22.0. The lowest BCUT2D eigenvalue weighted by Gasteiger charge is -2.31. The van der Waals surface area contributed by atoms with Crippen LogP contribution in [0.1, 0.15) is 22.6 Å². The maximum atomic E-state index is 9.83. The zero-order valence-electron chi connectivity index (χ0n) is 48.2. The lowest BCUT2D eigenvalue weighted by atomic mass is 9.78. The molecule has 1 aliphatic heterocycles. The molecule has 0 saturated heterocycles. The summed E-state index contributed by atoms with van der Waals surface area (Å²) in [6.45, 7) is 1.20. The molecule has 14 aromatic carbocycles. The number of aliphatic hydroxyl groups is 2. The van der Waals surface area contributed by atoms with E-state index in [-0.39, 0.29) is 58.8 Å². The number of benzene rings is 14. The fourth-order valence-corrected chi connectivity index (χ4v) is 13.0. The summed E-state index contributed by atoms with van der Waals surface area (Å²) in [4.78, 5) is 0. The van der Waals surface area contributed by atoms with Gasteiger partial charge in [0.2, 0.25) is 0 Å². The van der Waals surface area contributed by atoms with E-state index in [4.69, 9.17) is 33.2 Å². The third kappa shape index (κ3) is 10.1. The lowest BCUT2D eigenvalue weighted by molar-refractivity contribution is 0.202. The van der Waals surface area contributed by atoms with Gasteiger partial charge in [0.25, 0.3) is 0 Å². The average molecular weight is 1150 g/mol. The van der Waals surface area contributed by atoms with Gasteiger partial charge < -0.3 is 43.4 Å². The normalized spacial score (nSPS) is 12.2. The van der Waals surface area contributed by atoms with Crippen molar-refractivity contribution in [3.63, 3.8) is 0 Å². The maximum Gasteiger partial charge on any atom is 0.132 e. The van der Waals surface area contributed by atoms with Crippen molar-refractivity contribution in [2.24, 2.45) is 0 Å². The number of ether oxygens (including phenoxy) is 7. The zero-order valence-corrected chi connectivity index (χ0v) is 48.2. The number of hydrogen-bond acceptors (Lipinski definition) is 9. The summed E-state index contributed by atoms with van der Waals surface area (Å²) in [6.07, 6.45) is 0. The Labute approximate surface area is 508 Å². The van der Waals surface area contributed by atoms with Crippen molar-refractivity contribution >= 4 is 75.4 Å². The van der Waals surface area contributed by atoms with Gasteiger partial charge in [-0.3, -0.25) is 0 Å². The quantitative estimate of drug-likeness (QED) is 0.0766.